The maximum atomic E-state index is 8.97. The molecule has 0 unspecified atom stereocenters. The van der Waals surface area contributed by atoms with Gasteiger partial charge in [-0.3, -0.25) is 0 Å². The van der Waals surface area contributed by atoms with Gasteiger partial charge in [-0.25, -0.2) is 4.57 Å². The van der Waals surface area contributed by atoms with Gasteiger partial charge in [0.25, 0.3) is 0 Å². The van der Waals surface area contributed by atoms with E-state index in [2.05, 4.69) is 59.7 Å². The highest BCUT2D eigenvalue weighted by atomic mass is 14.9. The van der Waals surface area contributed by atoms with Gasteiger partial charge in [0.2, 0.25) is 5.69 Å². The number of pyridine rings is 1. The first-order chi connectivity index (χ1) is 13.9. The lowest BCUT2D eigenvalue weighted by molar-refractivity contribution is -0.661. The number of rotatable bonds is 3. The zero-order valence-corrected chi connectivity index (χ0v) is 18.3. The molecule has 1 aliphatic rings. The van der Waals surface area contributed by atoms with Crippen molar-refractivity contribution in [3.63, 3.8) is 0 Å². The van der Waals surface area contributed by atoms with Crippen LogP contribution in [0.3, 0.4) is 0 Å². The van der Waals surface area contributed by atoms with Crippen molar-refractivity contribution < 1.29 is 8.68 Å². The Kier molecular flexibility index (Phi) is 4.49. The molecule has 27 heavy (non-hydrogen) atoms. The van der Waals surface area contributed by atoms with E-state index in [1.54, 1.807) is 0 Å². The van der Waals surface area contributed by atoms with Crippen molar-refractivity contribution in [1.82, 2.24) is 0 Å². The topological polar surface area (TPSA) is 3.88 Å². The molecule has 146 valence electrons. The minimum atomic E-state index is -0.272. The Hall–Kier alpha value is -1.63. The largest absolute Gasteiger partial charge is 0.212 e. The number of hydrogen-bond acceptors (Lipinski definition) is 0. The summed E-state index contributed by atoms with van der Waals surface area (Å²) < 4.78 is 28.6. The molecule has 1 heteroatoms. The summed E-state index contributed by atoms with van der Waals surface area (Å²) >= 11 is 0. The molecule has 1 saturated carbocycles. The zero-order chi connectivity index (χ0) is 22.4. The fraction of sp³-hybridized carbons (Fsp3) is 0.577. The lowest BCUT2D eigenvalue weighted by Gasteiger charge is -2.36. The molecule has 1 fully saturated rings. The molecule has 0 radical (unpaired) electrons. The Morgan fingerprint density at radius 2 is 1.63 bits per heavy atom. The molecule has 3 rings (SSSR count). The number of nitrogens with zero attached hydrogens (tertiary/aromatic N) is 1. The van der Waals surface area contributed by atoms with Gasteiger partial charge >= 0.3 is 0 Å². The first-order valence-electron chi connectivity index (χ1n) is 12.0. The van der Waals surface area contributed by atoms with Crippen LogP contribution in [0, 0.1) is 12.8 Å². The Morgan fingerprint density at radius 3 is 2.22 bits per heavy atom. The number of aromatic nitrogens is 1. The summed E-state index contributed by atoms with van der Waals surface area (Å²) in [6.45, 7) is 13.0. The molecule has 1 aromatic heterocycles. The second kappa shape index (κ2) is 7.41. The second-order valence-corrected chi connectivity index (χ2v) is 9.98. The van der Waals surface area contributed by atoms with E-state index in [9.17, 15) is 0 Å². The molecule has 0 spiro atoms. The molecule has 2 aromatic rings. The number of benzene rings is 1. The predicted octanol–water partition coefficient (Wildman–Crippen LogP) is 6.64. The highest BCUT2D eigenvalue weighted by Crippen LogP contribution is 2.40. The summed E-state index contributed by atoms with van der Waals surface area (Å²) in [5.41, 5.74) is 4.48. The third kappa shape index (κ3) is 4.13. The van der Waals surface area contributed by atoms with Crippen molar-refractivity contribution in [2.45, 2.75) is 84.5 Å². The lowest BCUT2D eigenvalue weighted by Crippen LogP contribution is -2.37. The minimum Gasteiger partial charge on any atom is -0.201 e. The fourth-order valence-electron chi connectivity index (χ4n) is 4.43. The summed E-state index contributed by atoms with van der Waals surface area (Å²) in [7, 11) is 1.88. The van der Waals surface area contributed by atoms with Crippen molar-refractivity contribution in [3.05, 3.63) is 53.1 Å². The molecule has 0 atom stereocenters. The van der Waals surface area contributed by atoms with Crippen LogP contribution in [0.15, 0.2) is 36.5 Å². The molecule has 0 N–H and O–H groups in total. The second-order valence-electron chi connectivity index (χ2n) is 9.98. The Labute approximate surface area is 171 Å². The normalized spacial score (nSPS) is 18.1. The van der Waals surface area contributed by atoms with Gasteiger partial charge in [0, 0.05) is 17.2 Å². The van der Waals surface area contributed by atoms with E-state index in [1.165, 1.54) is 24.8 Å². The number of aryl methyl sites for hydroxylation is 1. The molecule has 0 amide bonds. The van der Waals surface area contributed by atoms with Crippen LogP contribution in [-0.2, 0) is 17.9 Å². The first-order valence-corrected chi connectivity index (χ1v) is 10.5. The molecule has 1 aromatic carbocycles. The maximum Gasteiger partial charge on any atom is 0.212 e. The average molecular weight is 368 g/mol. The van der Waals surface area contributed by atoms with Crippen LogP contribution in [-0.4, -0.2) is 0 Å². The van der Waals surface area contributed by atoms with Gasteiger partial charge in [-0.1, -0.05) is 66.0 Å². The van der Waals surface area contributed by atoms with Gasteiger partial charge in [-0.15, -0.1) is 0 Å². The molecule has 0 bridgehead atoms. The SMILES string of the molecule is [2H]c1c([2H])c(-c2ccc(C(C)(C)C)cc2C)[n+](C)c([2H])c1C(C)(C)C1CCCCC1. The van der Waals surface area contributed by atoms with Gasteiger partial charge in [-0.05, 0) is 59.7 Å². The van der Waals surface area contributed by atoms with Crippen LogP contribution in [0.25, 0.3) is 11.3 Å². The summed E-state index contributed by atoms with van der Waals surface area (Å²) in [5.74, 6) is 0.470. The third-order valence-electron chi connectivity index (χ3n) is 6.54. The van der Waals surface area contributed by atoms with E-state index in [-0.39, 0.29) is 22.9 Å². The van der Waals surface area contributed by atoms with Crippen LogP contribution < -0.4 is 4.57 Å². The average Bonchev–Trinajstić information content (AvgIpc) is 2.67. The van der Waals surface area contributed by atoms with Crippen LogP contribution in [0.4, 0.5) is 0 Å². The monoisotopic (exact) mass is 367 g/mol. The van der Waals surface area contributed by atoms with Crippen molar-refractivity contribution in [2.75, 3.05) is 0 Å². The van der Waals surface area contributed by atoms with Gasteiger partial charge < -0.3 is 0 Å². The molecular formula is C26H38N+. The molecular weight excluding hydrogens is 326 g/mol. The molecule has 1 nitrogen and oxygen atoms in total. The van der Waals surface area contributed by atoms with E-state index in [4.69, 9.17) is 4.11 Å². The summed E-state index contributed by atoms with van der Waals surface area (Å²) in [6.07, 6.45) is 6.42. The Morgan fingerprint density at radius 1 is 0.963 bits per heavy atom. The molecule has 0 aliphatic heterocycles. The lowest BCUT2D eigenvalue weighted by atomic mass is 9.68. The summed E-state index contributed by atoms with van der Waals surface area (Å²) in [4.78, 5) is 0. The summed E-state index contributed by atoms with van der Waals surface area (Å²) in [6, 6.07) is 6.83. The van der Waals surface area contributed by atoms with Gasteiger partial charge in [0.1, 0.15) is 8.42 Å². The molecule has 1 heterocycles. The van der Waals surface area contributed by atoms with E-state index >= 15 is 0 Å². The Bertz CT molecular complexity index is 919. The molecule has 0 saturated heterocycles. The minimum absolute atomic E-state index is 0.0598. The van der Waals surface area contributed by atoms with Crippen LogP contribution >= 0.6 is 0 Å². The van der Waals surface area contributed by atoms with Crippen molar-refractivity contribution >= 4 is 0 Å². The standard InChI is InChI=1S/C26H38N/c1-19-17-21(25(2,3)4)13-15-23(19)24-16-14-22(18-27(24)7)26(5,6)20-11-9-8-10-12-20/h13-18,20H,8-12H2,1-7H3/q+1/i14D,16D,18D. The Balaban J connectivity index is 2.17. The zero-order valence-electron chi connectivity index (χ0n) is 21.3. The van der Waals surface area contributed by atoms with Gasteiger partial charge in [-0.2, -0.15) is 0 Å². The van der Waals surface area contributed by atoms with Crippen molar-refractivity contribution in [2.24, 2.45) is 13.0 Å². The van der Waals surface area contributed by atoms with Crippen molar-refractivity contribution in [1.29, 1.82) is 0 Å². The highest BCUT2D eigenvalue weighted by Gasteiger charge is 2.34. The van der Waals surface area contributed by atoms with Gasteiger partial charge in [0.15, 0.2) is 6.17 Å². The number of hydrogen-bond donors (Lipinski definition) is 0. The van der Waals surface area contributed by atoms with E-state index in [1.807, 2.05) is 11.6 Å². The van der Waals surface area contributed by atoms with Crippen molar-refractivity contribution in [3.8, 4) is 11.3 Å². The quantitative estimate of drug-likeness (QED) is 0.535. The third-order valence-corrected chi connectivity index (χ3v) is 6.54. The highest BCUT2D eigenvalue weighted by molar-refractivity contribution is 5.62. The smallest absolute Gasteiger partial charge is 0.201 e. The van der Waals surface area contributed by atoms with Crippen LogP contribution in [0.2, 0.25) is 0 Å². The fourth-order valence-corrected chi connectivity index (χ4v) is 4.43. The maximum absolute atomic E-state index is 8.97. The predicted molar refractivity (Wildman–Crippen MR) is 116 cm³/mol. The van der Waals surface area contributed by atoms with E-state index in [0.29, 0.717) is 17.8 Å². The van der Waals surface area contributed by atoms with E-state index in [0.717, 1.165) is 29.5 Å². The first kappa shape index (κ1) is 16.3. The van der Waals surface area contributed by atoms with Crippen LogP contribution in [0.5, 0.6) is 0 Å². The van der Waals surface area contributed by atoms with E-state index < -0.39 is 0 Å². The summed E-state index contributed by atoms with van der Waals surface area (Å²) in [5, 5.41) is 0. The molecule has 1 aliphatic carbocycles. The van der Waals surface area contributed by atoms with Gasteiger partial charge in [0.05, 0.1) is 2.74 Å². The van der Waals surface area contributed by atoms with Crippen LogP contribution in [0.1, 0.15) is 87.5 Å².